The molecule has 0 aromatic carbocycles. The summed E-state index contributed by atoms with van der Waals surface area (Å²) in [5.41, 5.74) is 0. The van der Waals surface area contributed by atoms with Crippen molar-refractivity contribution in [3.63, 3.8) is 0 Å². The normalized spacial score (nSPS) is 11.6. The Morgan fingerprint density at radius 3 is 2.71 bits per heavy atom. The van der Waals surface area contributed by atoms with Gasteiger partial charge in [0.05, 0.1) is 5.75 Å². The van der Waals surface area contributed by atoms with Crippen molar-refractivity contribution in [3.8, 4) is 0 Å². The Balaban J connectivity index is 2.65. The van der Waals surface area contributed by atoms with Gasteiger partial charge in [-0.05, 0) is 17.7 Å². The lowest BCUT2D eigenvalue weighted by Crippen LogP contribution is -2.14. The second-order valence-corrected chi connectivity index (χ2v) is 7.16. The number of carbonyl (C=O) groups excluding carboxylic acids is 1. The topological polar surface area (TPSA) is 69.0 Å². The van der Waals surface area contributed by atoms with E-state index in [0.29, 0.717) is 16.6 Å². The van der Waals surface area contributed by atoms with Gasteiger partial charge >= 0.3 is 0 Å². The first-order valence-corrected chi connectivity index (χ1v) is 7.17. The minimum atomic E-state index is -3.16. The van der Waals surface area contributed by atoms with E-state index in [2.05, 4.69) is 4.98 Å². The van der Waals surface area contributed by atoms with Crippen molar-refractivity contribution in [2.24, 2.45) is 0 Å². The molecule has 0 amide bonds. The fourth-order valence-electron chi connectivity index (χ4n) is 0.869. The lowest BCUT2D eigenvalue weighted by Gasteiger charge is -2.01. The van der Waals surface area contributed by atoms with Crippen LogP contribution in [0.3, 0.4) is 0 Å². The Morgan fingerprint density at radius 1 is 1.64 bits per heavy atom. The van der Waals surface area contributed by atoms with Gasteiger partial charge in [0.2, 0.25) is 5.91 Å². The number of hydrogen-bond acceptors (Lipinski definition) is 5. The summed E-state index contributed by atoms with van der Waals surface area (Å²) in [6.45, 7) is 1.68. The molecule has 1 heterocycles. The van der Waals surface area contributed by atoms with Gasteiger partial charge in [0.1, 0.15) is 5.82 Å². The number of aryl methyl sites for hydroxylation is 1. The van der Waals surface area contributed by atoms with Gasteiger partial charge in [0.15, 0.2) is 8.87 Å². The summed E-state index contributed by atoms with van der Waals surface area (Å²) < 4.78 is 22.9. The molecule has 5 nitrogen and oxygen atoms in total. The molecule has 0 saturated carbocycles. The first-order chi connectivity index (χ1) is 6.40. The molecular weight excluding hydrogens is 224 g/mol. The van der Waals surface area contributed by atoms with E-state index in [-0.39, 0.29) is 11.7 Å². The SMILES string of the molecule is Cc1nccn1C(=O)CSS(C)(=O)=O. The van der Waals surface area contributed by atoms with Gasteiger partial charge in [0.25, 0.3) is 0 Å². The Labute approximate surface area is 85.8 Å². The van der Waals surface area contributed by atoms with Crippen LogP contribution in [-0.4, -0.2) is 35.9 Å². The van der Waals surface area contributed by atoms with Gasteiger partial charge in [-0.25, -0.2) is 13.4 Å². The van der Waals surface area contributed by atoms with E-state index in [0.717, 1.165) is 6.26 Å². The van der Waals surface area contributed by atoms with Crippen molar-refractivity contribution in [2.75, 3.05) is 12.0 Å². The van der Waals surface area contributed by atoms with Crippen LogP contribution in [0.4, 0.5) is 0 Å². The Kier molecular flexibility index (Phi) is 3.33. The molecule has 0 aliphatic rings. The van der Waals surface area contributed by atoms with Gasteiger partial charge in [-0.3, -0.25) is 9.36 Å². The smallest absolute Gasteiger partial charge is 0.243 e. The minimum Gasteiger partial charge on any atom is -0.273 e. The summed E-state index contributed by atoms with van der Waals surface area (Å²) in [5.74, 6) is 0.190. The Bertz CT molecular complexity index is 436. The summed E-state index contributed by atoms with van der Waals surface area (Å²) in [5, 5.41) is 0. The molecule has 0 bridgehead atoms. The van der Waals surface area contributed by atoms with Gasteiger partial charge in [0, 0.05) is 18.6 Å². The maximum absolute atomic E-state index is 11.4. The lowest BCUT2D eigenvalue weighted by molar-refractivity contribution is 0.0939. The molecule has 0 fully saturated rings. The number of nitrogens with zero attached hydrogens (tertiary/aromatic N) is 2. The van der Waals surface area contributed by atoms with Gasteiger partial charge in [-0.1, -0.05) is 0 Å². The third kappa shape index (κ3) is 3.15. The van der Waals surface area contributed by atoms with Crippen molar-refractivity contribution in [2.45, 2.75) is 6.92 Å². The molecule has 7 heteroatoms. The highest BCUT2D eigenvalue weighted by molar-refractivity contribution is 8.72. The fraction of sp³-hybridized carbons (Fsp3) is 0.429. The zero-order valence-corrected chi connectivity index (χ0v) is 9.43. The largest absolute Gasteiger partial charge is 0.273 e. The summed E-state index contributed by atoms with van der Waals surface area (Å²) in [4.78, 5) is 15.3. The molecule has 14 heavy (non-hydrogen) atoms. The van der Waals surface area contributed by atoms with Crippen molar-refractivity contribution in [1.29, 1.82) is 0 Å². The fourth-order valence-corrected chi connectivity index (χ4v) is 2.27. The molecule has 0 atom stereocenters. The minimum absolute atomic E-state index is 0.0873. The monoisotopic (exact) mass is 234 g/mol. The quantitative estimate of drug-likeness (QED) is 0.713. The van der Waals surface area contributed by atoms with Crippen molar-refractivity contribution < 1.29 is 13.2 Å². The summed E-state index contributed by atoms with van der Waals surface area (Å²) in [7, 11) is -2.54. The summed E-state index contributed by atoms with van der Waals surface area (Å²) in [6, 6.07) is 0. The van der Waals surface area contributed by atoms with Crippen molar-refractivity contribution >= 4 is 25.6 Å². The van der Waals surface area contributed by atoms with E-state index in [1.165, 1.54) is 17.0 Å². The van der Waals surface area contributed by atoms with Gasteiger partial charge < -0.3 is 0 Å². The second kappa shape index (κ2) is 4.14. The van der Waals surface area contributed by atoms with Gasteiger partial charge in [-0.15, -0.1) is 0 Å². The second-order valence-electron chi connectivity index (χ2n) is 2.70. The van der Waals surface area contributed by atoms with Crippen LogP contribution in [0.25, 0.3) is 0 Å². The maximum Gasteiger partial charge on any atom is 0.243 e. The maximum atomic E-state index is 11.4. The van der Waals surface area contributed by atoms with Crippen LogP contribution >= 0.6 is 10.8 Å². The molecular formula is C7H10N2O3S2. The molecule has 78 valence electrons. The molecule has 1 aromatic rings. The highest BCUT2D eigenvalue weighted by Gasteiger charge is 2.11. The van der Waals surface area contributed by atoms with Crippen LogP contribution in [0.15, 0.2) is 12.4 Å². The molecule has 0 N–H and O–H groups in total. The average Bonchev–Trinajstić information content (AvgIpc) is 2.46. The molecule has 0 radical (unpaired) electrons. The highest BCUT2D eigenvalue weighted by atomic mass is 33.1. The third-order valence-corrected chi connectivity index (χ3v) is 3.92. The predicted molar refractivity (Wildman–Crippen MR) is 54.9 cm³/mol. The number of aromatic nitrogens is 2. The average molecular weight is 234 g/mol. The lowest BCUT2D eigenvalue weighted by atomic mass is 10.6. The van der Waals surface area contributed by atoms with Crippen LogP contribution in [0, 0.1) is 6.92 Å². The van der Waals surface area contributed by atoms with E-state index in [9.17, 15) is 13.2 Å². The summed E-state index contributed by atoms with van der Waals surface area (Å²) in [6.07, 6.45) is 4.09. The summed E-state index contributed by atoms with van der Waals surface area (Å²) >= 11 is 0. The predicted octanol–water partition coefficient (Wildman–Crippen LogP) is 0.525. The number of rotatable bonds is 3. The molecule has 0 spiro atoms. The van der Waals surface area contributed by atoms with E-state index < -0.39 is 8.87 Å². The zero-order valence-electron chi connectivity index (χ0n) is 7.80. The molecule has 0 aliphatic heterocycles. The zero-order chi connectivity index (χ0) is 10.8. The third-order valence-electron chi connectivity index (χ3n) is 1.49. The number of carbonyl (C=O) groups is 1. The van der Waals surface area contributed by atoms with Crippen LogP contribution in [-0.2, 0) is 8.87 Å². The first-order valence-electron chi connectivity index (χ1n) is 3.78. The van der Waals surface area contributed by atoms with E-state index in [1.807, 2.05) is 0 Å². The van der Waals surface area contributed by atoms with Crippen molar-refractivity contribution in [3.05, 3.63) is 18.2 Å². The molecule has 0 saturated heterocycles. The van der Waals surface area contributed by atoms with Crippen LogP contribution in [0.1, 0.15) is 10.6 Å². The Hall–Kier alpha value is -0.820. The Morgan fingerprint density at radius 2 is 2.29 bits per heavy atom. The number of imidazole rings is 1. The van der Waals surface area contributed by atoms with Crippen LogP contribution in [0.5, 0.6) is 0 Å². The molecule has 0 aliphatic carbocycles. The van der Waals surface area contributed by atoms with E-state index in [4.69, 9.17) is 0 Å². The molecule has 1 rings (SSSR count). The van der Waals surface area contributed by atoms with Crippen LogP contribution < -0.4 is 0 Å². The van der Waals surface area contributed by atoms with Crippen molar-refractivity contribution in [1.82, 2.24) is 9.55 Å². The first kappa shape index (κ1) is 11.3. The highest BCUT2D eigenvalue weighted by Crippen LogP contribution is 2.10. The van der Waals surface area contributed by atoms with E-state index >= 15 is 0 Å². The molecule has 0 unspecified atom stereocenters. The standard InChI is InChI=1S/C7H10N2O3S2/c1-6-8-3-4-9(6)7(10)5-13-14(2,11)12/h3-4H,5H2,1-2H3. The van der Waals surface area contributed by atoms with Gasteiger partial charge in [-0.2, -0.15) is 0 Å². The van der Waals surface area contributed by atoms with E-state index in [1.54, 1.807) is 6.92 Å². The number of hydrogen-bond donors (Lipinski definition) is 0. The molecule has 1 aromatic heterocycles. The van der Waals surface area contributed by atoms with Crippen LogP contribution in [0.2, 0.25) is 0 Å².